The first kappa shape index (κ1) is 11.8. The molecule has 1 heterocycles. The minimum atomic E-state index is -0.210. The van der Waals surface area contributed by atoms with E-state index < -0.39 is 0 Å². The summed E-state index contributed by atoms with van der Waals surface area (Å²) in [5, 5.41) is 4.39. The molecule has 0 spiro atoms. The zero-order chi connectivity index (χ0) is 12.5. The van der Waals surface area contributed by atoms with Gasteiger partial charge in [0.15, 0.2) is 0 Å². The molecule has 0 atom stereocenters. The average molecular weight is 262 g/mol. The van der Waals surface area contributed by atoms with E-state index in [1.165, 1.54) is 29.9 Å². The van der Waals surface area contributed by atoms with Crippen molar-refractivity contribution in [3.8, 4) is 10.6 Å². The molecular weight excluding hydrogens is 247 g/mol. The highest BCUT2D eigenvalue weighted by Crippen LogP contribution is 2.29. The number of nitrogens with one attached hydrogen (secondary N) is 1. The van der Waals surface area contributed by atoms with Crippen LogP contribution in [0.15, 0.2) is 24.3 Å². The van der Waals surface area contributed by atoms with Gasteiger partial charge in [-0.3, -0.25) is 0 Å². The van der Waals surface area contributed by atoms with E-state index in [0.717, 1.165) is 22.8 Å². The zero-order valence-electron chi connectivity index (χ0n) is 10.2. The van der Waals surface area contributed by atoms with Gasteiger partial charge in [0.1, 0.15) is 10.8 Å². The quantitative estimate of drug-likeness (QED) is 0.912. The van der Waals surface area contributed by atoms with Gasteiger partial charge in [-0.2, -0.15) is 0 Å². The van der Waals surface area contributed by atoms with Gasteiger partial charge in [-0.15, -0.1) is 11.3 Å². The molecule has 3 rings (SSSR count). The summed E-state index contributed by atoms with van der Waals surface area (Å²) in [4.78, 5) is 5.78. The molecule has 1 aromatic heterocycles. The van der Waals surface area contributed by atoms with Gasteiger partial charge in [0.25, 0.3) is 0 Å². The number of rotatable bonds is 4. The van der Waals surface area contributed by atoms with Crippen LogP contribution in [0.4, 0.5) is 4.39 Å². The van der Waals surface area contributed by atoms with Crippen LogP contribution >= 0.6 is 11.3 Å². The lowest BCUT2D eigenvalue weighted by atomic mass is 10.2. The molecule has 0 bridgehead atoms. The Morgan fingerprint density at radius 1 is 1.44 bits per heavy atom. The summed E-state index contributed by atoms with van der Waals surface area (Å²) < 4.78 is 13.2. The second-order valence-electron chi connectivity index (χ2n) is 4.69. The first-order valence-electron chi connectivity index (χ1n) is 6.18. The normalized spacial score (nSPS) is 15.0. The van der Waals surface area contributed by atoms with Crippen molar-refractivity contribution in [2.24, 2.45) is 0 Å². The fourth-order valence-electron chi connectivity index (χ4n) is 1.86. The molecule has 2 nitrogen and oxygen atoms in total. The Labute approximate surface area is 110 Å². The van der Waals surface area contributed by atoms with Crippen molar-refractivity contribution in [3.63, 3.8) is 0 Å². The largest absolute Gasteiger partial charge is 0.309 e. The summed E-state index contributed by atoms with van der Waals surface area (Å²) in [7, 11) is 0. The summed E-state index contributed by atoms with van der Waals surface area (Å²) in [5.41, 5.74) is 1.91. The van der Waals surface area contributed by atoms with Gasteiger partial charge in [0.2, 0.25) is 0 Å². The van der Waals surface area contributed by atoms with Gasteiger partial charge in [0, 0.05) is 23.0 Å². The summed E-state index contributed by atoms with van der Waals surface area (Å²) in [6.07, 6.45) is 2.57. The molecule has 0 radical (unpaired) electrons. The van der Waals surface area contributed by atoms with Crippen molar-refractivity contribution in [1.29, 1.82) is 0 Å². The van der Waals surface area contributed by atoms with E-state index >= 15 is 0 Å². The highest BCUT2D eigenvalue weighted by molar-refractivity contribution is 7.15. The standard InChI is InChI=1S/C14H15FN2S/c1-9-13(8-16-12-5-6-12)18-14(17-9)10-3-2-4-11(15)7-10/h2-4,7,12,16H,5-6,8H2,1H3. The van der Waals surface area contributed by atoms with E-state index in [1.54, 1.807) is 17.4 Å². The summed E-state index contributed by atoms with van der Waals surface area (Å²) in [6, 6.07) is 7.32. The molecule has 4 heteroatoms. The van der Waals surface area contributed by atoms with Crippen molar-refractivity contribution >= 4 is 11.3 Å². The monoisotopic (exact) mass is 262 g/mol. The Bertz CT molecular complexity index is 561. The Kier molecular flexibility index (Phi) is 3.14. The fraction of sp³-hybridized carbons (Fsp3) is 0.357. The minimum absolute atomic E-state index is 0.210. The third-order valence-corrected chi connectivity index (χ3v) is 4.30. The van der Waals surface area contributed by atoms with Crippen LogP contribution in [-0.4, -0.2) is 11.0 Å². The highest BCUT2D eigenvalue weighted by atomic mass is 32.1. The molecule has 0 amide bonds. The van der Waals surface area contributed by atoms with Gasteiger partial charge in [0.05, 0.1) is 5.69 Å². The molecule has 1 fully saturated rings. The zero-order valence-corrected chi connectivity index (χ0v) is 11.1. The number of hydrogen-bond acceptors (Lipinski definition) is 3. The van der Waals surface area contributed by atoms with E-state index in [0.29, 0.717) is 6.04 Å². The summed E-state index contributed by atoms with van der Waals surface area (Å²) in [6.45, 7) is 2.90. The Morgan fingerprint density at radius 2 is 2.28 bits per heavy atom. The summed E-state index contributed by atoms with van der Waals surface area (Å²) in [5.74, 6) is -0.210. The van der Waals surface area contributed by atoms with Gasteiger partial charge < -0.3 is 5.32 Å². The molecule has 1 aromatic carbocycles. The predicted molar refractivity (Wildman–Crippen MR) is 72.1 cm³/mol. The van der Waals surface area contributed by atoms with E-state index in [9.17, 15) is 4.39 Å². The van der Waals surface area contributed by atoms with Crippen LogP contribution in [0.3, 0.4) is 0 Å². The van der Waals surface area contributed by atoms with Crippen molar-refractivity contribution < 1.29 is 4.39 Å². The molecule has 1 aliphatic carbocycles. The minimum Gasteiger partial charge on any atom is -0.309 e. The van der Waals surface area contributed by atoms with Crippen LogP contribution < -0.4 is 5.32 Å². The maximum absolute atomic E-state index is 13.2. The number of nitrogens with zero attached hydrogens (tertiary/aromatic N) is 1. The first-order valence-corrected chi connectivity index (χ1v) is 6.99. The molecule has 18 heavy (non-hydrogen) atoms. The lowest BCUT2D eigenvalue weighted by Gasteiger charge is -1.99. The number of benzene rings is 1. The molecule has 1 N–H and O–H groups in total. The van der Waals surface area contributed by atoms with Crippen molar-refractivity contribution in [3.05, 3.63) is 40.7 Å². The fourth-order valence-corrected chi connectivity index (χ4v) is 2.87. The third-order valence-electron chi connectivity index (χ3n) is 3.09. The molecule has 1 saturated carbocycles. The smallest absolute Gasteiger partial charge is 0.124 e. The molecule has 0 unspecified atom stereocenters. The molecule has 2 aromatic rings. The topological polar surface area (TPSA) is 24.9 Å². The predicted octanol–water partition coefficient (Wildman–Crippen LogP) is 3.51. The maximum Gasteiger partial charge on any atom is 0.124 e. The van der Waals surface area contributed by atoms with E-state index in [4.69, 9.17) is 0 Å². The maximum atomic E-state index is 13.2. The van der Waals surface area contributed by atoms with Crippen LogP contribution in [0.5, 0.6) is 0 Å². The molecule has 1 aliphatic rings. The van der Waals surface area contributed by atoms with Gasteiger partial charge in [-0.05, 0) is 31.9 Å². The van der Waals surface area contributed by atoms with Crippen LogP contribution in [-0.2, 0) is 6.54 Å². The Morgan fingerprint density at radius 3 is 3.00 bits per heavy atom. The highest BCUT2D eigenvalue weighted by Gasteiger charge is 2.21. The third kappa shape index (κ3) is 2.60. The number of hydrogen-bond donors (Lipinski definition) is 1. The van der Waals surface area contributed by atoms with Crippen LogP contribution in [0.2, 0.25) is 0 Å². The lowest BCUT2D eigenvalue weighted by Crippen LogP contribution is -2.14. The van der Waals surface area contributed by atoms with Crippen molar-refractivity contribution in [2.45, 2.75) is 32.4 Å². The number of halogens is 1. The average Bonchev–Trinajstić information content (AvgIpc) is 3.10. The molecule has 94 valence electrons. The van der Waals surface area contributed by atoms with Crippen LogP contribution in [0, 0.1) is 12.7 Å². The molecule has 0 aliphatic heterocycles. The number of thiazole rings is 1. The van der Waals surface area contributed by atoms with E-state index in [-0.39, 0.29) is 5.82 Å². The van der Waals surface area contributed by atoms with E-state index in [2.05, 4.69) is 10.3 Å². The lowest BCUT2D eigenvalue weighted by molar-refractivity contribution is 0.628. The van der Waals surface area contributed by atoms with Gasteiger partial charge >= 0.3 is 0 Å². The SMILES string of the molecule is Cc1nc(-c2cccc(F)c2)sc1CNC1CC1. The van der Waals surface area contributed by atoms with Crippen LogP contribution in [0.25, 0.3) is 10.6 Å². The van der Waals surface area contributed by atoms with Gasteiger partial charge in [-0.25, -0.2) is 9.37 Å². The molecular formula is C14H15FN2S. The Balaban J connectivity index is 1.82. The molecule has 0 saturated heterocycles. The second kappa shape index (κ2) is 4.78. The van der Waals surface area contributed by atoms with Crippen molar-refractivity contribution in [1.82, 2.24) is 10.3 Å². The summed E-state index contributed by atoms with van der Waals surface area (Å²) >= 11 is 1.65. The first-order chi connectivity index (χ1) is 8.72. The van der Waals surface area contributed by atoms with E-state index in [1.807, 2.05) is 13.0 Å². The Hall–Kier alpha value is -1.26. The second-order valence-corrected chi connectivity index (χ2v) is 5.78. The number of aryl methyl sites for hydroxylation is 1. The number of aromatic nitrogens is 1. The van der Waals surface area contributed by atoms with Crippen LogP contribution in [0.1, 0.15) is 23.4 Å². The van der Waals surface area contributed by atoms with Crippen molar-refractivity contribution in [2.75, 3.05) is 0 Å². The van der Waals surface area contributed by atoms with Gasteiger partial charge in [-0.1, -0.05) is 12.1 Å².